The molecule has 0 fully saturated rings. The van der Waals surface area contributed by atoms with Gasteiger partial charge in [-0.15, -0.1) is 0 Å². The van der Waals surface area contributed by atoms with E-state index in [2.05, 4.69) is 5.43 Å². The first-order valence-electron chi connectivity index (χ1n) is 7.93. The Kier molecular flexibility index (Phi) is 3.66. The van der Waals surface area contributed by atoms with Gasteiger partial charge in [-0.1, -0.05) is 30.3 Å². The quantitative estimate of drug-likeness (QED) is 0.438. The van der Waals surface area contributed by atoms with Gasteiger partial charge in [-0.25, -0.2) is 0 Å². The third-order valence-electron chi connectivity index (χ3n) is 4.29. The van der Waals surface area contributed by atoms with E-state index in [1.165, 1.54) is 24.3 Å². The third-order valence-corrected chi connectivity index (χ3v) is 4.29. The van der Waals surface area contributed by atoms with E-state index < -0.39 is 22.6 Å². The molecular weight excluding hydrogens is 350 g/mol. The summed E-state index contributed by atoms with van der Waals surface area (Å²) in [6, 6.07) is 15.2. The van der Waals surface area contributed by atoms with Crippen molar-refractivity contribution >= 4 is 34.2 Å². The molecule has 8 nitrogen and oxygen atoms in total. The molecule has 0 radical (unpaired) electrons. The van der Waals surface area contributed by atoms with Crippen molar-refractivity contribution in [3.05, 3.63) is 87.5 Å². The zero-order valence-electron chi connectivity index (χ0n) is 13.7. The van der Waals surface area contributed by atoms with Crippen molar-refractivity contribution in [2.75, 3.05) is 0 Å². The first-order valence-corrected chi connectivity index (χ1v) is 7.93. The highest BCUT2D eigenvalue weighted by molar-refractivity contribution is 6.26. The maximum absolute atomic E-state index is 12.8. The van der Waals surface area contributed by atoms with E-state index in [9.17, 15) is 24.5 Å². The summed E-state index contributed by atoms with van der Waals surface area (Å²) in [6.07, 6.45) is 0. The molecule has 0 spiro atoms. The molecule has 1 aliphatic heterocycles. The number of imide groups is 1. The summed E-state index contributed by atoms with van der Waals surface area (Å²) in [7, 11) is 0. The number of nitro groups is 1. The molecule has 0 aromatic heterocycles. The average molecular weight is 361 g/mol. The van der Waals surface area contributed by atoms with Gasteiger partial charge in [0, 0.05) is 23.1 Å². The van der Waals surface area contributed by atoms with Gasteiger partial charge in [-0.2, -0.15) is 5.01 Å². The monoisotopic (exact) mass is 361 g/mol. The van der Waals surface area contributed by atoms with Crippen LogP contribution in [0.25, 0.3) is 10.8 Å². The molecule has 0 bridgehead atoms. The first-order chi connectivity index (χ1) is 13.0. The number of rotatable bonds is 3. The Balaban J connectivity index is 1.81. The van der Waals surface area contributed by atoms with Crippen molar-refractivity contribution in [2.45, 2.75) is 0 Å². The third kappa shape index (κ3) is 2.60. The lowest BCUT2D eigenvalue weighted by Gasteiger charge is -2.27. The van der Waals surface area contributed by atoms with Crippen molar-refractivity contribution in [1.29, 1.82) is 0 Å². The van der Waals surface area contributed by atoms with Crippen LogP contribution in [0.1, 0.15) is 31.1 Å². The fourth-order valence-corrected chi connectivity index (χ4v) is 3.05. The summed E-state index contributed by atoms with van der Waals surface area (Å²) in [5, 5.41) is 12.5. The second kappa shape index (κ2) is 6.03. The number of hydrogen-bond acceptors (Lipinski definition) is 5. The molecule has 3 aromatic rings. The normalized spacial score (nSPS) is 13.0. The number of carbonyl (C=O) groups is 3. The summed E-state index contributed by atoms with van der Waals surface area (Å²) in [5.74, 6) is -2.16. The second-order valence-electron chi connectivity index (χ2n) is 5.91. The number of nitro benzene ring substituents is 1. The van der Waals surface area contributed by atoms with Crippen molar-refractivity contribution in [1.82, 2.24) is 10.4 Å². The van der Waals surface area contributed by atoms with E-state index in [0.717, 1.165) is 6.07 Å². The van der Waals surface area contributed by atoms with Crippen LogP contribution in [0.4, 0.5) is 5.69 Å². The van der Waals surface area contributed by atoms with Gasteiger partial charge in [-0.3, -0.25) is 29.9 Å². The first kappa shape index (κ1) is 16.4. The van der Waals surface area contributed by atoms with Crippen LogP contribution in [0, 0.1) is 10.1 Å². The number of carbonyl (C=O) groups excluding carboxylic acids is 3. The molecule has 132 valence electrons. The number of nitrogens with zero attached hydrogens (tertiary/aromatic N) is 2. The Morgan fingerprint density at radius 2 is 1.63 bits per heavy atom. The standard InChI is InChI=1S/C19H11N3O5/c23-17(11-5-2-1-3-6-11)20-21-18(24)14-8-4-7-12-9-13(22(26)27)10-15(16(12)14)19(21)25/h1-10H,(H,20,23). The molecule has 27 heavy (non-hydrogen) atoms. The van der Waals surface area contributed by atoms with E-state index >= 15 is 0 Å². The van der Waals surface area contributed by atoms with Gasteiger partial charge >= 0.3 is 0 Å². The molecule has 0 saturated carbocycles. The van der Waals surface area contributed by atoms with Gasteiger partial charge in [0.1, 0.15) is 0 Å². The highest BCUT2D eigenvalue weighted by atomic mass is 16.6. The maximum atomic E-state index is 12.8. The Morgan fingerprint density at radius 1 is 0.926 bits per heavy atom. The fraction of sp³-hybridized carbons (Fsp3) is 0. The van der Waals surface area contributed by atoms with Crippen LogP contribution >= 0.6 is 0 Å². The predicted octanol–water partition coefficient (Wildman–Crippen LogP) is 2.69. The van der Waals surface area contributed by atoms with E-state index in [1.54, 1.807) is 30.3 Å². The summed E-state index contributed by atoms with van der Waals surface area (Å²) in [4.78, 5) is 48.5. The minimum atomic E-state index is -0.823. The highest BCUT2D eigenvalue weighted by Gasteiger charge is 2.35. The SMILES string of the molecule is O=C(NN1C(=O)c2cccc3cc([N+](=O)[O-])cc(c23)C1=O)c1ccccc1. The van der Waals surface area contributed by atoms with Crippen LogP contribution < -0.4 is 5.43 Å². The molecule has 1 aliphatic rings. The van der Waals surface area contributed by atoms with Crippen LogP contribution in [0.2, 0.25) is 0 Å². The molecule has 4 rings (SSSR count). The van der Waals surface area contributed by atoms with Crippen LogP contribution in [0.15, 0.2) is 60.7 Å². The van der Waals surface area contributed by atoms with E-state index in [-0.39, 0.29) is 22.4 Å². The number of non-ortho nitro benzene ring substituents is 1. The molecule has 0 unspecified atom stereocenters. The topological polar surface area (TPSA) is 110 Å². The van der Waals surface area contributed by atoms with Crippen molar-refractivity contribution in [2.24, 2.45) is 0 Å². The van der Waals surface area contributed by atoms with E-state index in [0.29, 0.717) is 15.8 Å². The van der Waals surface area contributed by atoms with Gasteiger partial charge in [0.25, 0.3) is 23.4 Å². The van der Waals surface area contributed by atoms with Gasteiger partial charge in [0.15, 0.2) is 0 Å². The van der Waals surface area contributed by atoms with Gasteiger partial charge in [0.2, 0.25) is 0 Å². The zero-order valence-corrected chi connectivity index (χ0v) is 13.7. The summed E-state index contributed by atoms with van der Waals surface area (Å²) >= 11 is 0. The molecule has 3 aromatic carbocycles. The Labute approximate surface area is 152 Å². The summed E-state index contributed by atoms with van der Waals surface area (Å²) in [5.41, 5.74) is 2.46. The molecular formula is C19H11N3O5. The number of amides is 3. The van der Waals surface area contributed by atoms with E-state index in [4.69, 9.17) is 0 Å². The fourth-order valence-electron chi connectivity index (χ4n) is 3.05. The van der Waals surface area contributed by atoms with Crippen molar-refractivity contribution in [3.8, 4) is 0 Å². The van der Waals surface area contributed by atoms with Crippen LogP contribution in [-0.2, 0) is 0 Å². The minimum absolute atomic E-state index is 0.0113. The smallest absolute Gasteiger partial charge is 0.267 e. The average Bonchev–Trinajstić information content (AvgIpc) is 2.69. The van der Waals surface area contributed by atoms with Crippen molar-refractivity contribution < 1.29 is 19.3 Å². The van der Waals surface area contributed by atoms with E-state index in [1.807, 2.05) is 0 Å². The molecule has 1 heterocycles. The number of benzene rings is 3. The molecule has 8 heteroatoms. The number of nitrogens with one attached hydrogen (secondary N) is 1. The van der Waals surface area contributed by atoms with Gasteiger partial charge in [-0.05, 0) is 23.6 Å². The second-order valence-corrected chi connectivity index (χ2v) is 5.91. The molecule has 0 aliphatic carbocycles. The number of hydrogen-bond donors (Lipinski definition) is 1. The minimum Gasteiger partial charge on any atom is -0.267 e. The highest BCUT2D eigenvalue weighted by Crippen LogP contribution is 2.32. The lowest BCUT2D eigenvalue weighted by molar-refractivity contribution is -0.384. The van der Waals surface area contributed by atoms with Crippen LogP contribution in [0.3, 0.4) is 0 Å². The van der Waals surface area contributed by atoms with Crippen LogP contribution in [-0.4, -0.2) is 27.7 Å². The molecule has 0 saturated heterocycles. The molecule has 0 atom stereocenters. The molecule has 3 amide bonds. The van der Waals surface area contributed by atoms with Gasteiger partial charge < -0.3 is 0 Å². The molecule has 1 N–H and O–H groups in total. The number of hydrazine groups is 1. The summed E-state index contributed by atoms with van der Waals surface area (Å²) in [6.45, 7) is 0. The lowest BCUT2D eigenvalue weighted by atomic mass is 9.94. The predicted molar refractivity (Wildman–Crippen MR) is 95.0 cm³/mol. The maximum Gasteiger partial charge on any atom is 0.280 e. The zero-order chi connectivity index (χ0) is 19.1. The Bertz CT molecular complexity index is 1140. The Hall–Kier alpha value is -4.07. The lowest BCUT2D eigenvalue weighted by Crippen LogP contribution is -2.51. The van der Waals surface area contributed by atoms with Crippen molar-refractivity contribution in [3.63, 3.8) is 0 Å². The summed E-state index contributed by atoms with van der Waals surface area (Å²) < 4.78 is 0. The Morgan fingerprint density at radius 3 is 2.33 bits per heavy atom. The van der Waals surface area contributed by atoms with Crippen LogP contribution in [0.5, 0.6) is 0 Å². The largest absolute Gasteiger partial charge is 0.280 e. The van der Waals surface area contributed by atoms with Gasteiger partial charge in [0.05, 0.1) is 16.1 Å².